The molecule has 3 heterocycles. The topological polar surface area (TPSA) is 108 Å². The average Bonchev–Trinajstić information content (AvgIpc) is 3.10. The minimum atomic E-state index is -3.39. The molecule has 27 heavy (non-hydrogen) atoms. The Hall–Kier alpha value is -1.68. The predicted octanol–water partition coefficient (Wildman–Crippen LogP) is 2.46. The molecule has 0 bridgehead atoms. The number of carbonyl (C=O) groups is 2. The first-order chi connectivity index (χ1) is 12.3. The summed E-state index contributed by atoms with van der Waals surface area (Å²) in [5.74, 6) is -0.0758. The number of likely N-dealkylation sites (tertiary alicyclic amines) is 1. The normalized spacial score (nSPS) is 23.3. The Morgan fingerprint density at radius 2 is 1.93 bits per heavy atom. The molecular weight excluding hydrogens is 390 g/mol. The smallest absolute Gasteiger partial charge is 0.407 e. The van der Waals surface area contributed by atoms with Gasteiger partial charge in [0.2, 0.25) is 5.91 Å². The molecule has 2 amide bonds. The Morgan fingerprint density at radius 3 is 2.37 bits per heavy atom. The average molecular weight is 416 g/mol. The molecule has 1 spiro atoms. The molecule has 2 fully saturated rings. The number of amides is 2. The van der Waals surface area contributed by atoms with Crippen LogP contribution in [0.1, 0.15) is 40.0 Å². The van der Waals surface area contributed by atoms with E-state index in [1.807, 2.05) is 0 Å². The molecule has 1 N–H and O–H groups in total. The van der Waals surface area contributed by atoms with Gasteiger partial charge in [-0.1, -0.05) is 32.1 Å². The summed E-state index contributed by atoms with van der Waals surface area (Å²) in [6, 6.07) is -0.174. The van der Waals surface area contributed by atoms with Gasteiger partial charge >= 0.3 is 6.09 Å². The number of nitrogens with zero attached hydrogens (tertiary/aromatic N) is 3. The van der Waals surface area contributed by atoms with Crippen molar-refractivity contribution in [2.75, 3.05) is 24.2 Å². The third-order valence-electron chi connectivity index (χ3n) is 5.50. The zero-order valence-corrected chi connectivity index (χ0v) is 17.6. The van der Waals surface area contributed by atoms with Gasteiger partial charge in [-0.2, -0.15) is 0 Å². The van der Waals surface area contributed by atoms with E-state index in [-0.39, 0.29) is 27.0 Å². The SMILES string of the molecule is CC(C)(C)C1N(c2ncc(S(C)(=O)=O)s2)C(=O)CC12CCN(C(=O)O)CC2. The minimum Gasteiger partial charge on any atom is -0.465 e. The maximum absolute atomic E-state index is 13.0. The Kier molecular flexibility index (Phi) is 4.79. The van der Waals surface area contributed by atoms with Crippen LogP contribution in [-0.2, 0) is 14.6 Å². The molecule has 0 radical (unpaired) electrons. The van der Waals surface area contributed by atoms with Crippen LogP contribution in [0.5, 0.6) is 0 Å². The summed E-state index contributed by atoms with van der Waals surface area (Å²) in [5.41, 5.74) is -0.604. The van der Waals surface area contributed by atoms with Crippen molar-refractivity contribution in [3.63, 3.8) is 0 Å². The van der Waals surface area contributed by atoms with Crippen LogP contribution < -0.4 is 4.90 Å². The van der Waals surface area contributed by atoms with E-state index >= 15 is 0 Å². The Labute approximate surface area is 163 Å². The molecule has 150 valence electrons. The molecule has 1 aromatic rings. The van der Waals surface area contributed by atoms with Gasteiger partial charge in [0.1, 0.15) is 4.21 Å². The predicted molar refractivity (Wildman–Crippen MR) is 102 cm³/mol. The van der Waals surface area contributed by atoms with Crippen LogP contribution in [0.4, 0.5) is 9.93 Å². The first kappa shape index (κ1) is 20.1. The summed E-state index contributed by atoms with van der Waals surface area (Å²) < 4.78 is 23.8. The molecule has 2 saturated heterocycles. The standard InChI is InChI=1S/C17H25N3O5S2/c1-16(2,3)13-17(5-7-19(8-6-17)15(22)23)9-11(21)20(13)14-18-10-12(26-14)27(4,24)25/h10,13H,5-9H2,1-4H3,(H,22,23). The molecule has 1 aromatic heterocycles. The van der Waals surface area contributed by atoms with Crippen LogP contribution >= 0.6 is 11.3 Å². The van der Waals surface area contributed by atoms with Crippen molar-refractivity contribution >= 4 is 38.3 Å². The minimum absolute atomic E-state index is 0.0758. The van der Waals surface area contributed by atoms with E-state index in [4.69, 9.17) is 0 Å². The molecule has 10 heteroatoms. The lowest BCUT2D eigenvalue weighted by Crippen LogP contribution is -2.53. The Morgan fingerprint density at radius 1 is 1.33 bits per heavy atom. The molecule has 0 saturated carbocycles. The first-order valence-corrected chi connectivity index (χ1v) is 11.5. The maximum Gasteiger partial charge on any atom is 0.407 e. The number of anilines is 1. The van der Waals surface area contributed by atoms with E-state index < -0.39 is 15.9 Å². The van der Waals surface area contributed by atoms with Gasteiger partial charge in [-0.3, -0.25) is 9.69 Å². The van der Waals surface area contributed by atoms with E-state index in [9.17, 15) is 23.1 Å². The highest BCUT2D eigenvalue weighted by Gasteiger charge is 2.58. The maximum atomic E-state index is 13.0. The summed E-state index contributed by atoms with van der Waals surface area (Å²) in [6.07, 6.45) is 3.04. The molecule has 3 rings (SSSR count). The van der Waals surface area contributed by atoms with Crippen molar-refractivity contribution in [1.29, 1.82) is 0 Å². The van der Waals surface area contributed by atoms with Crippen molar-refractivity contribution < 1.29 is 23.1 Å². The summed E-state index contributed by atoms with van der Waals surface area (Å²) >= 11 is 1.01. The van der Waals surface area contributed by atoms with Crippen molar-refractivity contribution in [3.8, 4) is 0 Å². The lowest BCUT2D eigenvalue weighted by molar-refractivity contribution is -0.118. The van der Waals surface area contributed by atoms with Crippen LogP contribution in [0, 0.1) is 10.8 Å². The highest BCUT2D eigenvalue weighted by molar-refractivity contribution is 7.92. The van der Waals surface area contributed by atoms with Crippen LogP contribution in [0.25, 0.3) is 0 Å². The van der Waals surface area contributed by atoms with Crippen LogP contribution in [0.2, 0.25) is 0 Å². The zero-order valence-electron chi connectivity index (χ0n) is 15.9. The number of rotatable bonds is 2. The third kappa shape index (κ3) is 3.56. The second-order valence-corrected chi connectivity index (χ2v) is 11.8. The van der Waals surface area contributed by atoms with Gasteiger partial charge in [0.15, 0.2) is 15.0 Å². The second-order valence-electron chi connectivity index (χ2n) is 8.58. The molecule has 0 aliphatic carbocycles. The number of carboxylic acid groups (broad SMARTS) is 1. The quantitative estimate of drug-likeness (QED) is 0.795. The number of hydrogen-bond acceptors (Lipinski definition) is 6. The molecule has 1 unspecified atom stereocenters. The lowest BCUT2D eigenvalue weighted by Gasteiger charge is -2.48. The fourth-order valence-electron chi connectivity index (χ4n) is 4.55. The largest absolute Gasteiger partial charge is 0.465 e. The highest BCUT2D eigenvalue weighted by atomic mass is 32.2. The lowest BCUT2D eigenvalue weighted by atomic mass is 9.64. The highest BCUT2D eigenvalue weighted by Crippen LogP contribution is 2.53. The Bertz CT molecular complexity index is 863. The second kappa shape index (κ2) is 6.44. The zero-order chi connectivity index (χ0) is 20.2. The summed E-state index contributed by atoms with van der Waals surface area (Å²) in [6.45, 7) is 6.96. The molecule has 1 atom stereocenters. The van der Waals surface area contributed by atoms with Gasteiger partial charge in [0, 0.05) is 31.2 Å². The Balaban J connectivity index is 1.99. The van der Waals surface area contributed by atoms with Crippen LogP contribution in [-0.4, -0.2) is 60.8 Å². The third-order valence-corrected chi connectivity index (χ3v) is 8.29. The number of thiazole rings is 1. The fraction of sp³-hybridized carbons (Fsp3) is 0.706. The summed E-state index contributed by atoms with van der Waals surface area (Å²) in [5, 5.41) is 9.64. The van der Waals surface area contributed by atoms with Crippen molar-refractivity contribution in [1.82, 2.24) is 9.88 Å². The number of hydrogen-bond donors (Lipinski definition) is 1. The van der Waals surface area contributed by atoms with E-state index in [2.05, 4.69) is 25.8 Å². The molecule has 8 nitrogen and oxygen atoms in total. The number of aromatic nitrogens is 1. The van der Waals surface area contributed by atoms with Crippen molar-refractivity contribution in [3.05, 3.63) is 6.20 Å². The number of sulfone groups is 1. The van der Waals surface area contributed by atoms with Crippen molar-refractivity contribution in [2.24, 2.45) is 10.8 Å². The monoisotopic (exact) mass is 415 g/mol. The molecule has 0 aromatic carbocycles. The van der Waals surface area contributed by atoms with E-state index in [1.54, 1.807) is 4.90 Å². The van der Waals surface area contributed by atoms with Crippen molar-refractivity contribution in [2.45, 2.75) is 50.3 Å². The van der Waals surface area contributed by atoms with Gasteiger partial charge in [-0.05, 0) is 18.3 Å². The first-order valence-electron chi connectivity index (χ1n) is 8.81. The summed E-state index contributed by atoms with van der Waals surface area (Å²) in [7, 11) is -3.39. The van der Waals surface area contributed by atoms with Crippen LogP contribution in [0.3, 0.4) is 0 Å². The summed E-state index contributed by atoms with van der Waals surface area (Å²) in [4.78, 5) is 31.6. The fourth-order valence-corrected chi connectivity index (χ4v) is 6.32. The van der Waals surface area contributed by atoms with Gasteiger partial charge in [-0.25, -0.2) is 18.2 Å². The van der Waals surface area contributed by atoms with Gasteiger partial charge in [-0.15, -0.1) is 0 Å². The van der Waals surface area contributed by atoms with Gasteiger partial charge in [0.25, 0.3) is 0 Å². The molecular formula is C17H25N3O5S2. The van der Waals surface area contributed by atoms with E-state index in [1.165, 1.54) is 11.1 Å². The van der Waals surface area contributed by atoms with E-state index in [0.717, 1.165) is 17.6 Å². The van der Waals surface area contributed by atoms with Gasteiger partial charge < -0.3 is 10.0 Å². The van der Waals surface area contributed by atoms with E-state index in [0.29, 0.717) is 37.5 Å². The molecule has 2 aliphatic rings. The number of piperidine rings is 1. The molecule has 2 aliphatic heterocycles. The van der Waals surface area contributed by atoms with Crippen LogP contribution in [0.15, 0.2) is 10.4 Å². The van der Waals surface area contributed by atoms with Gasteiger partial charge in [0.05, 0.1) is 12.2 Å². The number of carbonyl (C=O) groups excluding carboxylic acids is 1.